The summed E-state index contributed by atoms with van der Waals surface area (Å²) in [6.45, 7) is 7.76. The first-order valence-corrected chi connectivity index (χ1v) is 9.86. The van der Waals surface area contributed by atoms with Crippen LogP contribution in [0.25, 0.3) is 5.69 Å². The minimum atomic E-state index is -0.616. The van der Waals surface area contributed by atoms with Crippen molar-refractivity contribution in [1.82, 2.24) is 30.4 Å². The number of halogens is 1. The van der Waals surface area contributed by atoms with Crippen molar-refractivity contribution in [2.75, 3.05) is 6.54 Å². The van der Waals surface area contributed by atoms with Gasteiger partial charge in [0.05, 0.1) is 11.7 Å². The fourth-order valence-electron chi connectivity index (χ4n) is 3.32. The van der Waals surface area contributed by atoms with E-state index in [-0.39, 0.29) is 11.9 Å². The summed E-state index contributed by atoms with van der Waals surface area (Å²) in [5.74, 6) is -0.233. The van der Waals surface area contributed by atoms with Crippen LogP contribution in [0.4, 0.5) is 4.79 Å². The first-order chi connectivity index (χ1) is 13.7. The molecule has 1 aliphatic heterocycles. The van der Waals surface area contributed by atoms with E-state index in [0.29, 0.717) is 23.7 Å². The van der Waals surface area contributed by atoms with Crippen molar-refractivity contribution in [2.24, 2.45) is 0 Å². The summed E-state index contributed by atoms with van der Waals surface area (Å²) in [6, 6.07) is 4.35. The molecule has 9 nitrogen and oxygen atoms in total. The van der Waals surface area contributed by atoms with E-state index >= 15 is 0 Å². The van der Waals surface area contributed by atoms with Gasteiger partial charge in [-0.05, 0) is 69.2 Å². The number of amides is 2. The molecule has 1 aliphatic rings. The fraction of sp³-hybridized carbons (Fsp3) is 0.526. The minimum Gasteiger partial charge on any atom is -0.444 e. The van der Waals surface area contributed by atoms with Crippen LogP contribution < -0.4 is 5.32 Å². The number of likely N-dealkylation sites (tertiary alicyclic amines) is 1. The summed E-state index contributed by atoms with van der Waals surface area (Å²) in [5.41, 5.74) is 0.859. The number of rotatable bonds is 4. The van der Waals surface area contributed by atoms with E-state index in [9.17, 15) is 9.59 Å². The van der Waals surface area contributed by atoms with Gasteiger partial charge in [0.2, 0.25) is 5.91 Å². The van der Waals surface area contributed by atoms with Crippen molar-refractivity contribution in [3.8, 4) is 5.69 Å². The number of nitrogens with one attached hydrogen (secondary N) is 1. The maximum atomic E-state index is 13.0. The van der Waals surface area contributed by atoms with Gasteiger partial charge >= 0.3 is 6.09 Å². The Bertz CT molecular complexity index is 881. The Hall–Kier alpha value is -2.68. The predicted molar refractivity (Wildman–Crippen MR) is 107 cm³/mol. The molecule has 1 aromatic heterocycles. The Morgan fingerprint density at radius 2 is 2.10 bits per heavy atom. The van der Waals surface area contributed by atoms with Gasteiger partial charge in [0.15, 0.2) is 0 Å². The zero-order valence-electron chi connectivity index (χ0n) is 16.9. The van der Waals surface area contributed by atoms with Gasteiger partial charge in [-0.2, -0.15) is 0 Å². The molecule has 156 valence electrons. The highest BCUT2D eigenvalue weighted by molar-refractivity contribution is 6.30. The van der Waals surface area contributed by atoms with Crippen LogP contribution in [0.1, 0.15) is 52.1 Å². The van der Waals surface area contributed by atoms with Gasteiger partial charge in [-0.1, -0.05) is 11.6 Å². The molecule has 2 unspecified atom stereocenters. The fourth-order valence-corrected chi connectivity index (χ4v) is 3.50. The zero-order valence-corrected chi connectivity index (χ0v) is 17.7. The lowest BCUT2D eigenvalue weighted by Gasteiger charge is -2.29. The molecule has 1 N–H and O–H groups in total. The van der Waals surface area contributed by atoms with E-state index in [0.717, 1.165) is 12.0 Å². The predicted octanol–water partition coefficient (Wildman–Crippen LogP) is 2.89. The number of carbonyl (C=O) groups is 2. The minimum absolute atomic E-state index is 0.233. The SMILES string of the molecule is CC(NC(=O)C1CCCN1C(=O)OC(C)(C)C)c1cc(Cl)ccc1-n1cnnn1. The number of hydrogen-bond donors (Lipinski definition) is 1. The van der Waals surface area contributed by atoms with E-state index in [4.69, 9.17) is 16.3 Å². The number of aromatic nitrogens is 4. The highest BCUT2D eigenvalue weighted by Crippen LogP contribution is 2.26. The van der Waals surface area contributed by atoms with Crippen LogP contribution in [0.5, 0.6) is 0 Å². The second kappa shape index (κ2) is 8.36. The Morgan fingerprint density at radius 3 is 2.76 bits per heavy atom. The largest absolute Gasteiger partial charge is 0.444 e. The van der Waals surface area contributed by atoms with Crippen LogP contribution in [0.3, 0.4) is 0 Å². The lowest BCUT2D eigenvalue weighted by Crippen LogP contribution is -2.48. The molecule has 0 radical (unpaired) electrons. The summed E-state index contributed by atoms with van der Waals surface area (Å²) >= 11 is 6.17. The van der Waals surface area contributed by atoms with Gasteiger partial charge in [-0.15, -0.1) is 5.10 Å². The standard InChI is InChI=1S/C19H25ClN6O3/c1-12(14-10-13(20)7-8-15(14)26-11-21-23-24-26)22-17(27)16-6-5-9-25(16)18(28)29-19(2,3)4/h7-8,10-12,16H,5-6,9H2,1-4H3,(H,22,27). The molecular formula is C19H25ClN6O3. The molecule has 2 amide bonds. The molecule has 0 bridgehead atoms. The third kappa shape index (κ3) is 5.03. The first-order valence-electron chi connectivity index (χ1n) is 9.48. The molecule has 10 heteroatoms. The number of tetrazole rings is 1. The van der Waals surface area contributed by atoms with E-state index in [1.165, 1.54) is 15.9 Å². The topological polar surface area (TPSA) is 102 Å². The van der Waals surface area contributed by atoms with Crippen molar-refractivity contribution in [1.29, 1.82) is 0 Å². The quantitative estimate of drug-likeness (QED) is 0.815. The number of nitrogens with zero attached hydrogens (tertiary/aromatic N) is 5. The molecule has 29 heavy (non-hydrogen) atoms. The lowest BCUT2D eigenvalue weighted by molar-refractivity contribution is -0.126. The number of ether oxygens (including phenoxy) is 1. The van der Waals surface area contributed by atoms with E-state index in [1.807, 2.05) is 6.92 Å². The molecular weight excluding hydrogens is 396 g/mol. The van der Waals surface area contributed by atoms with Crippen LogP contribution in [0.2, 0.25) is 5.02 Å². The second-order valence-corrected chi connectivity index (χ2v) is 8.46. The monoisotopic (exact) mass is 420 g/mol. The molecule has 1 aromatic carbocycles. The third-order valence-electron chi connectivity index (χ3n) is 4.59. The second-order valence-electron chi connectivity index (χ2n) is 8.02. The molecule has 2 atom stereocenters. The van der Waals surface area contributed by atoms with Gasteiger partial charge in [-0.3, -0.25) is 9.69 Å². The average Bonchev–Trinajstić information content (AvgIpc) is 3.32. The summed E-state index contributed by atoms with van der Waals surface area (Å²) in [4.78, 5) is 26.9. The van der Waals surface area contributed by atoms with Crippen molar-refractivity contribution < 1.29 is 14.3 Å². The van der Waals surface area contributed by atoms with Gasteiger partial charge in [0, 0.05) is 17.1 Å². The van der Waals surface area contributed by atoms with Crippen LogP contribution in [0.15, 0.2) is 24.5 Å². The lowest BCUT2D eigenvalue weighted by atomic mass is 10.1. The first kappa shape index (κ1) is 21.0. The van der Waals surface area contributed by atoms with Crippen LogP contribution in [-0.4, -0.2) is 55.3 Å². The summed E-state index contributed by atoms with van der Waals surface area (Å²) in [5, 5.41) is 14.8. The van der Waals surface area contributed by atoms with Crippen molar-refractivity contribution in [2.45, 2.75) is 58.2 Å². The number of hydrogen-bond acceptors (Lipinski definition) is 6. The highest BCUT2D eigenvalue weighted by Gasteiger charge is 2.37. The molecule has 0 aliphatic carbocycles. The molecule has 2 heterocycles. The molecule has 0 saturated carbocycles. The van der Waals surface area contributed by atoms with E-state index in [2.05, 4.69) is 20.8 Å². The van der Waals surface area contributed by atoms with Crippen molar-refractivity contribution in [3.63, 3.8) is 0 Å². The smallest absolute Gasteiger partial charge is 0.410 e. The number of benzene rings is 1. The maximum Gasteiger partial charge on any atom is 0.410 e. The molecule has 3 rings (SSSR count). The Kier molecular flexibility index (Phi) is 6.07. The Balaban J connectivity index is 1.75. The molecule has 0 spiro atoms. The molecule has 2 aromatic rings. The van der Waals surface area contributed by atoms with Gasteiger partial charge < -0.3 is 10.1 Å². The van der Waals surface area contributed by atoms with Crippen LogP contribution in [-0.2, 0) is 9.53 Å². The van der Waals surface area contributed by atoms with Crippen molar-refractivity contribution in [3.05, 3.63) is 35.1 Å². The average molecular weight is 421 g/mol. The zero-order chi connectivity index (χ0) is 21.2. The normalized spacial score (nSPS) is 17.8. The summed E-state index contributed by atoms with van der Waals surface area (Å²) < 4.78 is 6.95. The molecule has 1 fully saturated rings. The summed E-state index contributed by atoms with van der Waals surface area (Å²) in [7, 11) is 0. The van der Waals surface area contributed by atoms with Gasteiger partial charge in [0.1, 0.15) is 18.0 Å². The molecule has 1 saturated heterocycles. The highest BCUT2D eigenvalue weighted by atomic mass is 35.5. The summed E-state index contributed by atoms with van der Waals surface area (Å²) in [6.07, 6.45) is 2.34. The Morgan fingerprint density at radius 1 is 1.34 bits per heavy atom. The van der Waals surface area contributed by atoms with Crippen molar-refractivity contribution >= 4 is 23.6 Å². The van der Waals surface area contributed by atoms with E-state index < -0.39 is 17.7 Å². The Labute approximate surface area is 174 Å². The maximum absolute atomic E-state index is 13.0. The van der Waals surface area contributed by atoms with Crippen LogP contribution >= 0.6 is 11.6 Å². The van der Waals surface area contributed by atoms with Gasteiger partial charge in [-0.25, -0.2) is 9.48 Å². The van der Waals surface area contributed by atoms with Gasteiger partial charge in [0.25, 0.3) is 0 Å². The number of carbonyl (C=O) groups excluding carboxylic acids is 2. The van der Waals surface area contributed by atoms with E-state index in [1.54, 1.807) is 39.0 Å². The third-order valence-corrected chi connectivity index (χ3v) is 4.83. The van der Waals surface area contributed by atoms with Crippen LogP contribution in [0, 0.1) is 0 Å².